The second-order valence-corrected chi connectivity index (χ2v) is 9.87. The summed E-state index contributed by atoms with van der Waals surface area (Å²) in [6, 6.07) is 9.80. The lowest BCUT2D eigenvalue weighted by molar-refractivity contribution is 0.0526. The fourth-order valence-electron chi connectivity index (χ4n) is 2.24. The minimum Gasteiger partial charge on any atom is -0.489 e. The van der Waals surface area contributed by atoms with Crippen molar-refractivity contribution in [3.8, 4) is 5.75 Å². The van der Waals surface area contributed by atoms with Gasteiger partial charge >= 0.3 is 5.97 Å². The molecule has 0 spiro atoms. The normalized spacial score (nSPS) is 12.5. The average molecular weight is 630 g/mol. The highest BCUT2D eigenvalue weighted by molar-refractivity contribution is 14.1. The second kappa shape index (κ2) is 10.2. The molecule has 0 N–H and O–H groups in total. The van der Waals surface area contributed by atoms with E-state index >= 15 is 0 Å². The molecule has 152 valence electrons. The summed E-state index contributed by atoms with van der Waals surface area (Å²) in [5.74, 6) is 0.170. The van der Waals surface area contributed by atoms with Crippen molar-refractivity contribution in [2.45, 2.75) is 31.8 Å². The molecule has 0 heterocycles. The number of ether oxygens (including phenoxy) is 2. The first-order valence-corrected chi connectivity index (χ1v) is 12.0. The molecule has 9 heteroatoms. The van der Waals surface area contributed by atoms with Crippen LogP contribution in [-0.2, 0) is 19.0 Å². The van der Waals surface area contributed by atoms with Crippen LogP contribution in [0.25, 0.3) is 0 Å². The number of hydrogen-bond acceptors (Lipinski definition) is 6. The molecule has 6 nitrogen and oxygen atoms in total. The molecule has 0 bridgehead atoms. The number of benzene rings is 2. The zero-order valence-corrected chi connectivity index (χ0v) is 20.7. The van der Waals surface area contributed by atoms with Crippen LogP contribution in [0.4, 0.5) is 0 Å². The van der Waals surface area contributed by atoms with Gasteiger partial charge in [-0.2, -0.15) is 8.42 Å². The number of esters is 1. The fourth-order valence-corrected chi connectivity index (χ4v) is 5.38. The molecule has 1 unspecified atom stereocenters. The number of rotatable bonds is 8. The first-order valence-electron chi connectivity index (χ1n) is 8.43. The van der Waals surface area contributed by atoms with Gasteiger partial charge < -0.3 is 9.47 Å². The number of halogens is 2. The Morgan fingerprint density at radius 1 is 1.11 bits per heavy atom. The van der Waals surface area contributed by atoms with Gasteiger partial charge in [0.1, 0.15) is 18.5 Å². The molecule has 28 heavy (non-hydrogen) atoms. The van der Waals surface area contributed by atoms with Crippen LogP contribution in [0.2, 0.25) is 0 Å². The highest BCUT2D eigenvalue weighted by Gasteiger charge is 2.21. The van der Waals surface area contributed by atoms with Crippen LogP contribution in [-0.4, -0.2) is 33.7 Å². The lowest BCUT2D eigenvalue weighted by Gasteiger charge is -2.16. The Balaban J connectivity index is 2.05. The lowest BCUT2D eigenvalue weighted by Crippen LogP contribution is -2.23. The average Bonchev–Trinajstić information content (AvgIpc) is 2.61. The Morgan fingerprint density at radius 3 is 2.21 bits per heavy atom. The predicted octanol–water partition coefficient (Wildman–Crippen LogP) is 4.55. The van der Waals surface area contributed by atoms with Gasteiger partial charge in [-0.15, -0.1) is 0 Å². The van der Waals surface area contributed by atoms with Gasteiger partial charge in [-0.25, -0.2) is 4.79 Å². The van der Waals surface area contributed by atoms with Crippen LogP contribution >= 0.6 is 45.2 Å². The van der Waals surface area contributed by atoms with E-state index in [0.29, 0.717) is 17.9 Å². The van der Waals surface area contributed by atoms with Crippen LogP contribution in [0, 0.1) is 14.1 Å². The summed E-state index contributed by atoms with van der Waals surface area (Å²) < 4.78 is 42.1. The number of carbonyl (C=O) groups excluding carboxylic acids is 1. The van der Waals surface area contributed by atoms with E-state index in [9.17, 15) is 13.2 Å². The van der Waals surface area contributed by atoms with Gasteiger partial charge in [0.15, 0.2) is 0 Å². The first kappa shape index (κ1) is 23.4. The van der Waals surface area contributed by atoms with Gasteiger partial charge in [0.2, 0.25) is 0 Å². The van der Waals surface area contributed by atoms with Gasteiger partial charge in [-0.3, -0.25) is 4.18 Å². The van der Waals surface area contributed by atoms with E-state index in [1.54, 1.807) is 38.1 Å². The van der Waals surface area contributed by atoms with Crippen LogP contribution in [0.5, 0.6) is 5.75 Å². The maximum absolute atomic E-state index is 12.3. The van der Waals surface area contributed by atoms with Crippen molar-refractivity contribution in [2.75, 3.05) is 13.2 Å². The molecule has 0 aliphatic heterocycles. The predicted molar refractivity (Wildman–Crippen MR) is 122 cm³/mol. The molecule has 2 aromatic carbocycles. The van der Waals surface area contributed by atoms with E-state index < -0.39 is 22.2 Å². The molecule has 0 fully saturated rings. The molecule has 1 atom stereocenters. The van der Waals surface area contributed by atoms with Crippen LogP contribution in [0.15, 0.2) is 41.3 Å². The van der Waals surface area contributed by atoms with Crippen molar-refractivity contribution >= 4 is 61.3 Å². The third kappa shape index (κ3) is 6.29. The summed E-state index contributed by atoms with van der Waals surface area (Å²) in [7, 11) is -3.87. The van der Waals surface area contributed by atoms with Crippen molar-refractivity contribution < 1.29 is 26.9 Å². The molecule has 0 aromatic heterocycles. The highest BCUT2D eigenvalue weighted by Crippen LogP contribution is 2.29. The molecule has 2 aromatic rings. The Kier molecular flexibility index (Phi) is 8.52. The third-order valence-electron chi connectivity index (χ3n) is 3.57. The SMILES string of the molecule is CCOC(=O)c1cc(I)c(OCC(C)OS(=O)(=O)c2ccc(C)cc2)c(I)c1. The minimum atomic E-state index is -3.87. The van der Waals surface area contributed by atoms with Crippen LogP contribution in [0.3, 0.4) is 0 Å². The zero-order valence-electron chi connectivity index (χ0n) is 15.6. The summed E-state index contributed by atoms with van der Waals surface area (Å²) in [6.45, 7) is 5.59. The summed E-state index contributed by atoms with van der Waals surface area (Å²) in [5, 5.41) is 0. The van der Waals surface area contributed by atoms with Gasteiger partial charge in [0.25, 0.3) is 10.1 Å². The summed E-state index contributed by atoms with van der Waals surface area (Å²) in [6.07, 6.45) is -0.692. The molecule has 0 aliphatic carbocycles. The van der Waals surface area contributed by atoms with Crippen molar-refractivity contribution in [1.29, 1.82) is 0 Å². The molecule has 0 saturated carbocycles. The quantitative estimate of drug-likeness (QED) is 0.242. The van der Waals surface area contributed by atoms with Crippen LogP contribution < -0.4 is 4.74 Å². The highest BCUT2D eigenvalue weighted by atomic mass is 127. The minimum absolute atomic E-state index is 0.0375. The summed E-state index contributed by atoms with van der Waals surface area (Å²) >= 11 is 4.13. The lowest BCUT2D eigenvalue weighted by atomic mass is 10.2. The molecule has 0 aliphatic rings. The van der Waals surface area contributed by atoms with Crippen molar-refractivity contribution in [2.24, 2.45) is 0 Å². The zero-order chi connectivity index (χ0) is 20.9. The Hall–Kier alpha value is -0.920. The number of carbonyl (C=O) groups is 1. The van der Waals surface area contributed by atoms with E-state index in [2.05, 4.69) is 45.2 Å². The topological polar surface area (TPSA) is 78.9 Å². The summed E-state index contributed by atoms with van der Waals surface area (Å²) in [4.78, 5) is 12.0. The summed E-state index contributed by atoms with van der Waals surface area (Å²) in [5.41, 5.74) is 1.40. The second-order valence-electron chi connectivity index (χ2n) is 5.97. The third-order valence-corrected chi connectivity index (χ3v) is 6.61. The van der Waals surface area contributed by atoms with Crippen molar-refractivity contribution in [3.63, 3.8) is 0 Å². The Labute approximate surface area is 192 Å². The Bertz CT molecular complexity index is 918. The van der Waals surface area contributed by atoms with E-state index in [0.717, 1.165) is 12.7 Å². The van der Waals surface area contributed by atoms with E-state index in [1.165, 1.54) is 12.1 Å². The van der Waals surface area contributed by atoms with Crippen molar-refractivity contribution in [3.05, 3.63) is 54.7 Å². The molecular weight excluding hydrogens is 610 g/mol. The molecule has 0 radical (unpaired) electrons. The molecular formula is C19H20I2O6S. The maximum atomic E-state index is 12.3. The van der Waals surface area contributed by atoms with Gasteiger partial charge in [0, 0.05) is 0 Å². The largest absolute Gasteiger partial charge is 0.489 e. The maximum Gasteiger partial charge on any atom is 0.338 e. The number of aryl methyl sites for hydroxylation is 1. The monoisotopic (exact) mass is 630 g/mol. The van der Waals surface area contributed by atoms with E-state index in [-0.39, 0.29) is 11.5 Å². The fraction of sp³-hybridized carbons (Fsp3) is 0.316. The van der Waals surface area contributed by atoms with Gasteiger partial charge in [0.05, 0.1) is 24.2 Å². The number of hydrogen-bond donors (Lipinski definition) is 0. The molecule has 2 rings (SSSR count). The molecule has 0 amide bonds. The molecule has 0 saturated heterocycles. The smallest absolute Gasteiger partial charge is 0.338 e. The van der Waals surface area contributed by atoms with E-state index in [4.69, 9.17) is 13.7 Å². The van der Waals surface area contributed by atoms with Gasteiger partial charge in [-0.05, 0) is 90.2 Å². The standard InChI is InChI=1S/C19H20I2O6S/c1-4-25-19(22)14-9-16(20)18(17(21)10-14)26-11-13(3)27-28(23,24)15-7-5-12(2)6-8-15/h5-10,13H,4,11H2,1-3H3. The van der Waals surface area contributed by atoms with E-state index in [1.807, 2.05) is 6.92 Å². The first-order chi connectivity index (χ1) is 13.1. The van der Waals surface area contributed by atoms with Crippen molar-refractivity contribution in [1.82, 2.24) is 0 Å². The Morgan fingerprint density at radius 2 is 1.68 bits per heavy atom. The van der Waals surface area contributed by atoms with Gasteiger partial charge in [-0.1, -0.05) is 17.7 Å². The van der Waals surface area contributed by atoms with Crippen LogP contribution in [0.1, 0.15) is 29.8 Å².